The molecule has 5 nitrogen and oxygen atoms in total. The van der Waals surface area contributed by atoms with Gasteiger partial charge in [-0.3, -0.25) is 0 Å². The Balaban J connectivity index is 1.32. The lowest BCUT2D eigenvalue weighted by Crippen LogP contribution is -2.42. The third-order valence-electron chi connectivity index (χ3n) is 5.16. The van der Waals surface area contributed by atoms with Crippen LogP contribution >= 0.6 is 0 Å². The maximum Gasteiger partial charge on any atom is 0.121 e. The van der Waals surface area contributed by atoms with Crippen LogP contribution in [0.15, 0.2) is 42.5 Å². The summed E-state index contributed by atoms with van der Waals surface area (Å²) in [5.41, 5.74) is 4.67. The lowest BCUT2D eigenvalue weighted by molar-refractivity contribution is 0.410. The Hall–Kier alpha value is -2.53. The Morgan fingerprint density at radius 1 is 1.19 bits per heavy atom. The second-order valence-corrected chi connectivity index (χ2v) is 7.05. The number of nitrogens with zero attached hydrogens (tertiary/aromatic N) is 2. The van der Waals surface area contributed by atoms with E-state index in [1.165, 1.54) is 11.3 Å². The monoisotopic (exact) mass is 350 g/mol. The summed E-state index contributed by atoms with van der Waals surface area (Å²) in [6.45, 7) is 5.11. The maximum absolute atomic E-state index is 5.27. The molecule has 2 aromatic carbocycles. The molecular formula is C21H26N4O. The molecule has 0 spiro atoms. The minimum absolute atomic E-state index is 0.541. The average molecular weight is 350 g/mol. The van der Waals surface area contributed by atoms with Gasteiger partial charge in [-0.2, -0.15) is 0 Å². The number of rotatable bonds is 5. The van der Waals surface area contributed by atoms with Crippen molar-refractivity contribution in [2.45, 2.75) is 32.4 Å². The minimum atomic E-state index is 0.541. The molecule has 26 heavy (non-hydrogen) atoms. The molecule has 1 fully saturated rings. The van der Waals surface area contributed by atoms with E-state index in [1.807, 2.05) is 18.2 Å². The van der Waals surface area contributed by atoms with Crippen LogP contribution < -0.4 is 15.0 Å². The number of benzene rings is 2. The zero-order valence-electron chi connectivity index (χ0n) is 15.5. The van der Waals surface area contributed by atoms with E-state index in [-0.39, 0.29) is 0 Å². The molecule has 0 saturated carbocycles. The fourth-order valence-corrected chi connectivity index (χ4v) is 3.66. The highest BCUT2D eigenvalue weighted by Crippen LogP contribution is 2.22. The van der Waals surface area contributed by atoms with E-state index < -0.39 is 0 Å². The molecule has 0 bridgehead atoms. The van der Waals surface area contributed by atoms with Crippen molar-refractivity contribution in [3.05, 3.63) is 53.9 Å². The molecule has 4 rings (SSSR count). The summed E-state index contributed by atoms with van der Waals surface area (Å²) in [5, 5.41) is 3.66. The third kappa shape index (κ3) is 3.68. The van der Waals surface area contributed by atoms with Gasteiger partial charge in [0.25, 0.3) is 0 Å². The summed E-state index contributed by atoms with van der Waals surface area (Å²) in [6, 6.07) is 15.3. The number of nitrogens with one attached hydrogen (secondary N) is 2. The van der Waals surface area contributed by atoms with Gasteiger partial charge in [0.05, 0.1) is 24.7 Å². The molecule has 2 heterocycles. The fraction of sp³-hybridized carbons (Fsp3) is 0.381. The zero-order valence-corrected chi connectivity index (χ0v) is 15.5. The van der Waals surface area contributed by atoms with Gasteiger partial charge in [-0.25, -0.2) is 4.98 Å². The molecule has 5 heteroatoms. The quantitative estimate of drug-likeness (QED) is 0.738. The van der Waals surface area contributed by atoms with Crippen LogP contribution in [-0.4, -0.2) is 36.2 Å². The van der Waals surface area contributed by atoms with Crippen LogP contribution in [0.2, 0.25) is 0 Å². The van der Waals surface area contributed by atoms with Crippen LogP contribution in [-0.2, 0) is 6.54 Å². The number of aryl methyl sites for hydroxylation is 1. The number of methoxy groups -OCH3 is 1. The van der Waals surface area contributed by atoms with Gasteiger partial charge >= 0.3 is 0 Å². The van der Waals surface area contributed by atoms with E-state index in [1.54, 1.807) is 7.11 Å². The molecule has 1 aliphatic heterocycles. The lowest BCUT2D eigenvalue weighted by atomic mass is 10.0. The Labute approximate surface area is 154 Å². The third-order valence-corrected chi connectivity index (χ3v) is 5.16. The van der Waals surface area contributed by atoms with Crippen molar-refractivity contribution in [3.63, 3.8) is 0 Å². The Morgan fingerprint density at radius 3 is 2.81 bits per heavy atom. The first-order valence-electron chi connectivity index (χ1n) is 9.29. The topological polar surface area (TPSA) is 53.2 Å². The van der Waals surface area contributed by atoms with Crippen molar-refractivity contribution >= 4 is 16.7 Å². The van der Waals surface area contributed by atoms with E-state index in [0.717, 1.165) is 55.1 Å². The summed E-state index contributed by atoms with van der Waals surface area (Å²) >= 11 is 0. The number of hydrogen-bond acceptors (Lipinski definition) is 4. The molecular weight excluding hydrogens is 324 g/mol. The average Bonchev–Trinajstić information content (AvgIpc) is 3.09. The highest BCUT2D eigenvalue weighted by Gasteiger charge is 2.19. The van der Waals surface area contributed by atoms with Gasteiger partial charge in [0.1, 0.15) is 11.6 Å². The van der Waals surface area contributed by atoms with E-state index in [4.69, 9.17) is 4.74 Å². The molecule has 2 N–H and O–H groups in total. The summed E-state index contributed by atoms with van der Waals surface area (Å²) in [7, 11) is 1.68. The standard InChI is InChI=1S/C21H26N4O/c1-15-4-3-5-17(12-15)25-10-8-16(9-11-25)22-14-21-23-19-7-6-18(26-2)13-20(19)24-21/h3-7,12-13,16,22H,8-11,14H2,1-2H3,(H,23,24). The largest absolute Gasteiger partial charge is 0.497 e. The number of aromatic nitrogens is 2. The molecule has 1 aliphatic rings. The van der Waals surface area contributed by atoms with Crippen molar-refractivity contribution < 1.29 is 4.74 Å². The first kappa shape index (κ1) is 16.9. The predicted octanol–water partition coefficient (Wildman–Crippen LogP) is 3.64. The van der Waals surface area contributed by atoms with Crippen LogP contribution in [0.1, 0.15) is 24.2 Å². The van der Waals surface area contributed by atoms with E-state index >= 15 is 0 Å². The maximum atomic E-state index is 5.27. The smallest absolute Gasteiger partial charge is 0.121 e. The van der Waals surface area contributed by atoms with Crippen LogP contribution in [0.5, 0.6) is 5.75 Å². The van der Waals surface area contributed by atoms with Crippen LogP contribution in [0.25, 0.3) is 11.0 Å². The summed E-state index contributed by atoms with van der Waals surface area (Å²) in [4.78, 5) is 10.5. The second kappa shape index (κ2) is 7.38. The van der Waals surface area contributed by atoms with Gasteiger partial charge in [-0.15, -0.1) is 0 Å². The van der Waals surface area contributed by atoms with Crippen molar-refractivity contribution in [1.82, 2.24) is 15.3 Å². The highest BCUT2D eigenvalue weighted by atomic mass is 16.5. The normalized spacial score (nSPS) is 15.5. The summed E-state index contributed by atoms with van der Waals surface area (Å²) in [5.74, 6) is 1.83. The highest BCUT2D eigenvalue weighted by molar-refractivity contribution is 5.76. The first-order chi connectivity index (χ1) is 12.7. The number of H-pyrrole nitrogens is 1. The van der Waals surface area contributed by atoms with E-state index in [9.17, 15) is 0 Å². The predicted molar refractivity (Wildman–Crippen MR) is 106 cm³/mol. The van der Waals surface area contributed by atoms with Crippen LogP contribution in [0, 0.1) is 6.92 Å². The zero-order chi connectivity index (χ0) is 17.9. The Morgan fingerprint density at radius 2 is 2.04 bits per heavy atom. The Kier molecular flexibility index (Phi) is 4.80. The molecule has 1 aromatic heterocycles. The van der Waals surface area contributed by atoms with Crippen molar-refractivity contribution in [2.24, 2.45) is 0 Å². The van der Waals surface area contributed by atoms with Crippen molar-refractivity contribution in [1.29, 1.82) is 0 Å². The second-order valence-electron chi connectivity index (χ2n) is 7.05. The minimum Gasteiger partial charge on any atom is -0.497 e. The van der Waals surface area contributed by atoms with Crippen molar-refractivity contribution in [3.8, 4) is 5.75 Å². The lowest BCUT2D eigenvalue weighted by Gasteiger charge is -2.34. The van der Waals surface area contributed by atoms with Crippen molar-refractivity contribution in [2.75, 3.05) is 25.1 Å². The fourth-order valence-electron chi connectivity index (χ4n) is 3.66. The van der Waals surface area contributed by atoms with Gasteiger partial charge in [-0.05, 0) is 49.6 Å². The van der Waals surface area contributed by atoms with Crippen LogP contribution in [0.4, 0.5) is 5.69 Å². The first-order valence-corrected chi connectivity index (χ1v) is 9.29. The van der Waals surface area contributed by atoms with E-state index in [2.05, 4.69) is 51.4 Å². The van der Waals surface area contributed by atoms with Crippen LogP contribution in [0.3, 0.4) is 0 Å². The molecule has 0 radical (unpaired) electrons. The number of anilines is 1. The Bertz CT molecular complexity index is 881. The molecule has 0 amide bonds. The molecule has 0 aliphatic carbocycles. The number of aromatic amines is 1. The number of ether oxygens (including phenoxy) is 1. The molecule has 136 valence electrons. The number of imidazole rings is 1. The van der Waals surface area contributed by atoms with Gasteiger partial charge < -0.3 is 19.9 Å². The molecule has 3 aromatic rings. The van der Waals surface area contributed by atoms with Gasteiger partial charge in [-0.1, -0.05) is 12.1 Å². The van der Waals surface area contributed by atoms with E-state index in [0.29, 0.717) is 6.04 Å². The summed E-state index contributed by atoms with van der Waals surface area (Å²) in [6.07, 6.45) is 2.31. The van der Waals surface area contributed by atoms with Gasteiger partial charge in [0, 0.05) is 30.9 Å². The molecule has 0 unspecified atom stereocenters. The SMILES string of the molecule is COc1ccc2nc(CNC3CCN(c4cccc(C)c4)CC3)[nH]c2c1. The number of piperidine rings is 1. The molecule has 0 atom stereocenters. The number of fused-ring (bicyclic) bond motifs is 1. The van der Waals surface area contributed by atoms with Gasteiger partial charge in [0.2, 0.25) is 0 Å². The van der Waals surface area contributed by atoms with Gasteiger partial charge in [0.15, 0.2) is 0 Å². The summed E-state index contributed by atoms with van der Waals surface area (Å²) < 4.78 is 5.27. The number of hydrogen-bond donors (Lipinski definition) is 2. The molecule has 1 saturated heterocycles.